The summed E-state index contributed by atoms with van der Waals surface area (Å²) in [5.41, 5.74) is 11.1. The Morgan fingerprint density at radius 1 is 1.70 bits per heavy atom. The molecule has 0 amide bonds. The SMILES string of the molecule is NC(N)=NCc1ccsn1. The molecule has 0 radical (unpaired) electrons. The van der Waals surface area contributed by atoms with Crippen LogP contribution in [-0.4, -0.2) is 10.3 Å². The van der Waals surface area contributed by atoms with Crippen molar-refractivity contribution >= 4 is 17.5 Å². The summed E-state index contributed by atoms with van der Waals surface area (Å²) >= 11 is 1.39. The van der Waals surface area contributed by atoms with Crippen LogP contribution in [0.3, 0.4) is 0 Å². The van der Waals surface area contributed by atoms with E-state index in [4.69, 9.17) is 11.5 Å². The second-order valence-electron chi connectivity index (χ2n) is 1.73. The van der Waals surface area contributed by atoms with Gasteiger partial charge in [-0.2, -0.15) is 4.37 Å². The molecule has 0 atom stereocenters. The first-order valence-corrected chi connectivity index (χ1v) is 3.57. The first-order chi connectivity index (χ1) is 4.79. The monoisotopic (exact) mass is 156 g/mol. The van der Waals surface area contributed by atoms with Crippen LogP contribution in [0.2, 0.25) is 0 Å². The van der Waals surface area contributed by atoms with E-state index in [9.17, 15) is 0 Å². The third-order valence-electron chi connectivity index (χ3n) is 0.915. The van der Waals surface area contributed by atoms with Crippen LogP contribution < -0.4 is 11.5 Å². The van der Waals surface area contributed by atoms with Gasteiger partial charge in [-0.25, -0.2) is 4.99 Å². The summed E-state index contributed by atoms with van der Waals surface area (Å²) in [4.78, 5) is 3.78. The smallest absolute Gasteiger partial charge is 0.186 e. The maximum Gasteiger partial charge on any atom is 0.186 e. The minimum Gasteiger partial charge on any atom is -0.370 e. The van der Waals surface area contributed by atoms with Crippen molar-refractivity contribution in [3.05, 3.63) is 17.1 Å². The third-order valence-corrected chi connectivity index (χ3v) is 1.51. The van der Waals surface area contributed by atoms with Gasteiger partial charge in [0.15, 0.2) is 5.96 Å². The van der Waals surface area contributed by atoms with Crippen molar-refractivity contribution in [1.29, 1.82) is 0 Å². The molecule has 0 saturated carbocycles. The van der Waals surface area contributed by atoms with Crippen molar-refractivity contribution in [3.63, 3.8) is 0 Å². The van der Waals surface area contributed by atoms with Crippen molar-refractivity contribution in [3.8, 4) is 0 Å². The first-order valence-electron chi connectivity index (χ1n) is 2.73. The molecule has 10 heavy (non-hydrogen) atoms. The highest BCUT2D eigenvalue weighted by atomic mass is 32.1. The minimum absolute atomic E-state index is 0.105. The van der Waals surface area contributed by atoms with Crippen LogP contribution in [0.15, 0.2) is 16.4 Å². The Hall–Kier alpha value is -1.10. The van der Waals surface area contributed by atoms with Crippen LogP contribution in [0.5, 0.6) is 0 Å². The molecule has 1 rings (SSSR count). The van der Waals surface area contributed by atoms with Crippen LogP contribution in [0, 0.1) is 0 Å². The second-order valence-corrected chi connectivity index (χ2v) is 2.40. The maximum absolute atomic E-state index is 5.11. The summed E-state index contributed by atoms with van der Waals surface area (Å²) in [6.07, 6.45) is 0. The van der Waals surface area contributed by atoms with Gasteiger partial charge < -0.3 is 11.5 Å². The fourth-order valence-corrected chi connectivity index (χ4v) is 1.02. The van der Waals surface area contributed by atoms with E-state index >= 15 is 0 Å². The number of guanidine groups is 1. The highest BCUT2D eigenvalue weighted by Gasteiger charge is 1.90. The Morgan fingerprint density at radius 2 is 2.50 bits per heavy atom. The Bertz CT molecular complexity index is 212. The summed E-state index contributed by atoms with van der Waals surface area (Å²) in [5.74, 6) is 0.105. The molecular weight excluding hydrogens is 148 g/mol. The van der Waals surface area contributed by atoms with Gasteiger partial charge in [0.1, 0.15) is 0 Å². The summed E-state index contributed by atoms with van der Waals surface area (Å²) in [6, 6.07) is 1.89. The number of aliphatic imine (C=N–C) groups is 1. The molecule has 0 aromatic carbocycles. The summed E-state index contributed by atoms with van der Waals surface area (Å²) in [5, 5.41) is 1.89. The highest BCUT2D eigenvalue weighted by molar-refractivity contribution is 7.03. The number of nitrogens with two attached hydrogens (primary N) is 2. The first kappa shape index (κ1) is 7.01. The molecular formula is C5H8N4S. The standard InChI is InChI=1S/C5H8N4S/c6-5(7)8-3-4-1-2-10-9-4/h1-2H,3H2,(H4,6,7,8). The maximum atomic E-state index is 5.11. The van der Waals surface area contributed by atoms with Gasteiger partial charge in [0, 0.05) is 5.38 Å². The normalized spacial score (nSPS) is 9.20. The van der Waals surface area contributed by atoms with Crippen molar-refractivity contribution < 1.29 is 0 Å². The van der Waals surface area contributed by atoms with Crippen LogP contribution in [0.1, 0.15) is 5.69 Å². The van der Waals surface area contributed by atoms with Gasteiger partial charge in [0.05, 0.1) is 12.2 Å². The molecule has 4 N–H and O–H groups in total. The van der Waals surface area contributed by atoms with Crippen molar-refractivity contribution in [2.45, 2.75) is 6.54 Å². The van der Waals surface area contributed by atoms with Gasteiger partial charge in [-0.3, -0.25) is 0 Å². The minimum atomic E-state index is 0.105. The average Bonchev–Trinajstić information content (AvgIpc) is 2.34. The van der Waals surface area contributed by atoms with Crippen LogP contribution >= 0.6 is 11.5 Å². The highest BCUT2D eigenvalue weighted by Crippen LogP contribution is 2.00. The lowest BCUT2D eigenvalue weighted by molar-refractivity contribution is 1.02. The number of aromatic nitrogens is 1. The lowest BCUT2D eigenvalue weighted by Gasteiger charge is -1.88. The molecule has 0 saturated heterocycles. The van der Waals surface area contributed by atoms with E-state index in [1.807, 2.05) is 11.4 Å². The van der Waals surface area contributed by atoms with E-state index in [0.29, 0.717) is 6.54 Å². The van der Waals surface area contributed by atoms with E-state index in [0.717, 1.165) is 5.69 Å². The van der Waals surface area contributed by atoms with Crippen molar-refractivity contribution in [1.82, 2.24) is 4.37 Å². The molecule has 4 nitrogen and oxygen atoms in total. The van der Waals surface area contributed by atoms with Crippen LogP contribution in [0.25, 0.3) is 0 Å². The fourth-order valence-electron chi connectivity index (χ4n) is 0.491. The fraction of sp³-hybridized carbons (Fsp3) is 0.200. The Morgan fingerprint density at radius 3 is 3.00 bits per heavy atom. The average molecular weight is 156 g/mol. The Labute approximate surface area is 62.7 Å². The molecule has 1 aromatic rings. The molecule has 54 valence electrons. The van der Waals surface area contributed by atoms with E-state index in [1.165, 1.54) is 11.5 Å². The zero-order valence-electron chi connectivity index (χ0n) is 5.32. The Kier molecular flexibility index (Phi) is 2.22. The predicted molar refractivity (Wildman–Crippen MR) is 41.6 cm³/mol. The molecule has 0 aliphatic carbocycles. The van der Waals surface area contributed by atoms with Crippen molar-refractivity contribution in [2.24, 2.45) is 16.5 Å². The van der Waals surface area contributed by atoms with E-state index in [-0.39, 0.29) is 5.96 Å². The van der Waals surface area contributed by atoms with Crippen LogP contribution in [0.4, 0.5) is 0 Å². The summed E-state index contributed by atoms with van der Waals surface area (Å²) in [6.45, 7) is 0.478. The van der Waals surface area contributed by atoms with Gasteiger partial charge >= 0.3 is 0 Å². The number of rotatable bonds is 2. The molecule has 0 bridgehead atoms. The van der Waals surface area contributed by atoms with Gasteiger partial charge in [0.2, 0.25) is 0 Å². The summed E-state index contributed by atoms with van der Waals surface area (Å²) in [7, 11) is 0. The van der Waals surface area contributed by atoms with Gasteiger partial charge in [-0.15, -0.1) is 0 Å². The second kappa shape index (κ2) is 3.17. The molecule has 5 heteroatoms. The lowest BCUT2D eigenvalue weighted by Crippen LogP contribution is -2.22. The molecule has 1 heterocycles. The molecule has 0 spiro atoms. The number of nitrogens with zero attached hydrogens (tertiary/aromatic N) is 2. The van der Waals surface area contributed by atoms with Gasteiger partial charge in [-0.1, -0.05) is 0 Å². The molecule has 0 fully saturated rings. The molecule has 1 aromatic heterocycles. The number of hydrogen-bond acceptors (Lipinski definition) is 3. The number of hydrogen-bond donors (Lipinski definition) is 2. The van der Waals surface area contributed by atoms with Crippen LogP contribution in [-0.2, 0) is 6.54 Å². The Balaban J connectivity index is 2.49. The molecule has 0 unspecified atom stereocenters. The van der Waals surface area contributed by atoms with E-state index in [2.05, 4.69) is 9.37 Å². The lowest BCUT2D eigenvalue weighted by atomic mass is 10.4. The zero-order chi connectivity index (χ0) is 7.40. The van der Waals surface area contributed by atoms with E-state index in [1.54, 1.807) is 0 Å². The molecule has 0 aliphatic rings. The largest absolute Gasteiger partial charge is 0.370 e. The predicted octanol–water partition coefficient (Wildman–Crippen LogP) is -0.0835. The van der Waals surface area contributed by atoms with Gasteiger partial charge in [0.25, 0.3) is 0 Å². The third kappa shape index (κ3) is 2.02. The zero-order valence-corrected chi connectivity index (χ0v) is 6.14. The summed E-state index contributed by atoms with van der Waals surface area (Å²) < 4.78 is 4.01. The molecule has 0 aliphatic heterocycles. The van der Waals surface area contributed by atoms with Crippen molar-refractivity contribution in [2.75, 3.05) is 0 Å². The quantitative estimate of drug-likeness (QED) is 0.464. The topological polar surface area (TPSA) is 77.3 Å². The van der Waals surface area contributed by atoms with E-state index < -0.39 is 0 Å². The van der Waals surface area contributed by atoms with Gasteiger partial charge in [-0.05, 0) is 17.6 Å².